The Kier molecular flexibility index (Phi) is 7.53. The van der Waals surface area contributed by atoms with Gasteiger partial charge in [-0.05, 0) is 34.5 Å². The number of tetrazole rings is 1. The number of ether oxygens (including phenoxy) is 1. The van der Waals surface area contributed by atoms with Crippen molar-refractivity contribution in [3.63, 3.8) is 0 Å². The summed E-state index contributed by atoms with van der Waals surface area (Å²) in [5.74, 6) is -0.195. The van der Waals surface area contributed by atoms with Gasteiger partial charge in [-0.3, -0.25) is 9.59 Å². The maximum absolute atomic E-state index is 12.2. The van der Waals surface area contributed by atoms with Gasteiger partial charge in [-0.1, -0.05) is 37.1 Å². The number of aryl methyl sites for hydroxylation is 1. The molecule has 1 aromatic carbocycles. The van der Waals surface area contributed by atoms with Gasteiger partial charge in [0.1, 0.15) is 0 Å². The second-order valence-electron chi connectivity index (χ2n) is 5.84. The lowest BCUT2D eigenvalue weighted by atomic mass is 10.0. The lowest BCUT2D eigenvalue weighted by molar-refractivity contribution is -0.146. The van der Waals surface area contributed by atoms with Gasteiger partial charge in [0.15, 0.2) is 12.4 Å². The number of nitrogens with zero attached hydrogens (tertiary/aromatic N) is 4. The number of carbonyl (C=O) groups excluding carboxylic acids is 2. The zero-order valence-electron chi connectivity index (χ0n) is 14.8. The minimum atomic E-state index is -0.492. The normalized spacial score (nSPS) is 11.8. The first-order chi connectivity index (χ1) is 12.5. The third-order valence-electron chi connectivity index (χ3n) is 3.71. The number of hydrogen-bond acceptors (Lipinski definition) is 6. The molecule has 0 bridgehead atoms. The molecule has 0 saturated heterocycles. The van der Waals surface area contributed by atoms with E-state index in [1.165, 1.54) is 6.92 Å². The van der Waals surface area contributed by atoms with Gasteiger partial charge >= 0.3 is 5.97 Å². The van der Waals surface area contributed by atoms with Crippen LogP contribution in [0.5, 0.6) is 0 Å². The average Bonchev–Trinajstić information content (AvgIpc) is 3.05. The molecule has 1 N–H and O–H groups in total. The number of carbonyl (C=O) groups is 2. The summed E-state index contributed by atoms with van der Waals surface area (Å²) in [6, 6.07) is 6.45. The zero-order valence-corrected chi connectivity index (χ0v) is 15.6. The number of hydrogen-bond donors (Lipinski definition) is 1. The van der Waals surface area contributed by atoms with E-state index in [1.54, 1.807) is 28.9 Å². The summed E-state index contributed by atoms with van der Waals surface area (Å²) < 4.78 is 6.91. The van der Waals surface area contributed by atoms with Crippen molar-refractivity contribution in [3.05, 3.63) is 40.7 Å². The highest BCUT2D eigenvalue weighted by atomic mass is 35.5. The lowest BCUT2D eigenvalue weighted by Crippen LogP contribution is -2.28. The third-order valence-corrected chi connectivity index (χ3v) is 3.96. The summed E-state index contributed by atoms with van der Waals surface area (Å²) in [5, 5.41) is 14.7. The topological polar surface area (TPSA) is 99.0 Å². The van der Waals surface area contributed by atoms with Crippen LogP contribution >= 0.6 is 11.6 Å². The molecule has 1 heterocycles. The summed E-state index contributed by atoms with van der Waals surface area (Å²) in [5.41, 5.74) is 0.773. The first-order valence-corrected chi connectivity index (χ1v) is 8.80. The fourth-order valence-electron chi connectivity index (χ4n) is 2.37. The Labute approximate surface area is 156 Å². The minimum Gasteiger partial charge on any atom is -0.457 e. The van der Waals surface area contributed by atoms with Gasteiger partial charge in [0, 0.05) is 18.5 Å². The van der Waals surface area contributed by atoms with Crippen LogP contribution in [0.2, 0.25) is 5.02 Å². The summed E-state index contributed by atoms with van der Waals surface area (Å²) in [6.07, 6.45) is 1.95. The first kappa shape index (κ1) is 19.8. The van der Waals surface area contributed by atoms with E-state index < -0.39 is 12.0 Å². The maximum atomic E-state index is 12.2. The highest BCUT2D eigenvalue weighted by molar-refractivity contribution is 6.30. The maximum Gasteiger partial charge on any atom is 0.308 e. The molecular formula is C17H22ClN5O3. The largest absolute Gasteiger partial charge is 0.457 e. The Morgan fingerprint density at radius 3 is 2.69 bits per heavy atom. The van der Waals surface area contributed by atoms with Crippen molar-refractivity contribution in [3.8, 4) is 0 Å². The van der Waals surface area contributed by atoms with Crippen LogP contribution in [0.3, 0.4) is 0 Å². The Morgan fingerprint density at radius 1 is 1.31 bits per heavy atom. The van der Waals surface area contributed by atoms with Gasteiger partial charge in [0.2, 0.25) is 5.91 Å². The van der Waals surface area contributed by atoms with E-state index in [-0.39, 0.29) is 18.9 Å². The molecule has 9 heteroatoms. The van der Waals surface area contributed by atoms with Gasteiger partial charge in [-0.25, -0.2) is 4.68 Å². The van der Waals surface area contributed by atoms with Crippen LogP contribution in [0.4, 0.5) is 0 Å². The molecule has 0 aliphatic carbocycles. The molecule has 1 aromatic heterocycles. The van der Waals surface area contributed by atoms with Crippen molar-refractivity contribution >= 4 is 23.5 Å². The van der Waals surface area contributed by atoms with Crippen LogP contribution in [-0.2, 0) is 27.5 Å². The SMILES string of the molecule is CCCCn1nnnc1COC(=O)CC(NC(C)=O)c1ccc(Cl)cc1. The van der Waals surface area contributed by atoms with Crippen LogP contribution in [0.25, 0.3) is 0 Å². The molecule has 0 aliphatic rings. The van der Waals surface area contributed by atoms with Crippen molar-refractivity contribution < 1.29 is 14.3 Å². The summed E-state index contributed by atoms with van der Waals surface area (Å²) in [4.78, 5) is 23.7. The van der Waals surface area contributed by atoms with Crippen LogP contribution in [0.15, 0.2) is 24.3 Å². The minimum absolute atomic E-state index is 0.00224. The second kappa shape index (κ2) is 9.86. The predicted octanol–water partition coefficient (Wildman–Crippen LogP) is 2.44. The molecular weight excluding hydrogens is 358 g/mol. The molecule has 1 amide bonds. The number of esters is 1. The molecule has 8 nitrogen and oxygen atoms in total. The monoisotopic (exact) mass is 379 g/mol. The van der Waals surface area contributed by atoms with Crippen molar-refractivity contribution in [1.29, 1.82) is 0 Å². The van der Waals surface area contributed by atoms with Crippen LogP contribution < -0.4 is 5.32 Å². The molecule has 1 atom stereocenters. The third kappa shape index (κ3) is 6.11. The zero-order chi connectivity index (χ0) is 18.9. The standard InChI is InChI=1S/C17H22ClN5O3/c1-3-4-9-23-16(20-21-22-23)11-26-17(25)10-15(19-12(2)24)13-5-7-14(18)8-6-13/h5-8,15H,3-4,9-11H2,1-2H3,(H,19,24). The number of amides is 1. The van der Waals surface area contributed by atoms with Crippen LogP contribution in [0.1, 0.15) is 50.5 Å². The van der Waals surface area contributed by atoms with Gasteiger partial charge in [-0.2, -0.15) is 0 Å². The summed E-state index contributed by atoms with van der Waals surface area (Å²) in [6.45, 7) is 4.14. The molecule has 2 aromatic rings. The summed E-state index contributed by atoms with van der Waals surface area (Å²) >= 11 is 5.89. The van der Waals surface area contributed by atoms with E-state index in [0.717, 1.165) is 18.4 Å². The Morgan fingerprint density at radius 2 is 2.04 bits per heavy atom. The highest BCUT2D eigenvalue weighted by Crippen LogP contribution is 2.20. The smallest absolute Gasteiger partial charge is 0.308 e. The molecule has 1 unspecified atom stereocenters. The molecule has 0 fully saturated rings. The molecule has 0 aliphatic heterocycles. The fourth-order valence-corrected chi connectivity index (χ4v) is 2.50. The van der Waals surface area contributed by atoms with Crippen molar-refractivity contribution in [2.24, 2.45) is 0 Å². The Bertz CT molecular complexity index is 732. The molecule has 0 spiro atoms. The average molecular weight is 380 g/mol. The van der Waals surface area contributed by atoms with Crippen molar-refractivity contribution in [2.75, 3.05) is 0 Å². The molecule has 140 valence electrons. The highest BCUT2D eigenvalue weighted by Gasteiger charge is 2.19. The quantitative estimate of drug-likeness (QED) is 0.672. The Balaban J connectivity index is 1.95. The molecule has 26 heavy (non-hydrogen) atoms. The van der Waals surface area contributed by atoms with Gasteiger partial charge in [0.25, 0.3) is 0 Å². The fraction of sp³-hybridized carbons (Fsp3) is 0.471. The van der Waals surface area contributed by atoms with E-state index in [0.29, 0.717) is 17.4 Å². The Hall–Kier alpha value is -2.48. The van der Waals surface area contributed by atoms with Gasteiger partial charge in [-0.15, -0.1) is 5.10 Å². The number of halogens is 1. The number of unbranched alkanes of at least 4 members (excludes halogenated alkanes) is 1. The van der Waals surface area contributed by atoms with Crippen molar-refractivity contribution in [2.45, 2.75) is 52.3 Å². The molecule has 0 saturated carbocycles. The summed E-state index contributed by atoms with van der Waals surface area (Å²) in [7, 11) is 0. The number of benzene rings is 1. The first-order valence-electron chi connectivity index (χ1n) is 8.42. The van der Waals surface area contributed by atoms with E-state index in [9.17, 15) is 9.59 Å². The van der Waals surface area contributed by atoms with Crippen LogP contribution in [-0.4, -0.2) is 32.1 Å². The van der Waals surface area contributed by atoms with Crippen LogP contribution in [0, 0.1) is 0 Å². The van der Waals surface area contributed by atoms with E-state index in [4.69, 9.17) is 16.3 Å². The number of rotatable bonds is 9. The predicted molar refractivity (Wildman–Crippen MR) is 95.1 cm³/mol. The van der Waals surface area contributed by atoms with Crippen molar-refractivity contribution in [1.82, 2.24) is 25.5 Å². The van der Waals surface area contributed by atoms with E-state index in [2.05, 4.69) is 27.8 Å². The van der Waals surface area contributed by atoms with E-state index >= 15 is 0 Å². The number of nitrogens with one attached hydrogen (secondary N) is 1. The molecule has 2 rings (SSSR count). The number of aromatic nitrogens is 4. The second-order valence-corrected chi connectivity index (χ2v) is 6.28. The molecule has 0 radical (unpaired) electrons. The van der Waals surface area contributed by atoms with E-state index in [1.807, 2.05) is 0 Å². The lowest BCUT2D eigenvalue weighted by Gasteiger charge is -2.17. The van der Waals surface area contributed by atoms with Gasteiger partial charge < -0.3 is 10.1 Å². The van der Waals surface area contributed by atoms with Gasteiger partial charge in [0.05, 0.1) is 12.5 Å².